The SMILES string of the molecule is CC(=O)c1nnc(Nc2ccc(N3CCN(C(C)=O)CC3)cc2)cc1NCc1cc(-c2cccnc2)ccc1F. The molecule has 0 spiro atoms. The molecule has 40 heavy (non-hydrogen) atoms. The van der Waals surface area contributed by atoms with Crippen LogP contribution in [0.15, 0.2) is 73.1 Å². The maximum Gasteiger partial charge on any atom is 0.219 e. The quantitative estimate of drug-likeness (QED) is 0.305. The van der Waals surface area contributed by atoms with Crippen LogP contribution in [-0.2, 0) is 11.3 Å². The summed E-state index contributed by atoms with van der Waals surface area (Å²) >= 11 is 0. The molecule has 0 aliphatic carbocycles. The van der Waals surface area contributed by atoms with Gasteiger partial charge in [0.1, 0.15) is 5.82 Å². The number of hydrogen-bond donors (Lipinski definition) is 2. The second-order valence-corrected chi connectivity index (χ2v) is 9.61. The molecule has 9 nitrogen and oxygen atoms in total. The summed E-state index contributed by atoms with van der Waals surface area (Å²) in [7, 11) is 0. The molecule has 3 heterocycles. The number of ketones is 1. The number of benzene rings is 2. The average Bonchev–Trinajstić information content (AvgIpc) is 2.97. The maximum absolute atomic E-state index is 14.7. The first kappa shape index (κ1) is 26.7. The summed E-state index contributed by atoms with van der Waals surface area (Å²) in [6.07, 6.45) is 3.41. The van der Waals surface area contributed by atoms with Gasteiger partial charge < -0.3 is 20.4 Å². The van der Waals surface area contributed by atoms with Crippen molar-refractivity contribution in [3.8, 4) is 11.1 Å². The van der Waals surface area contributed by atoms with Crippen molar-refractivity contribution in [3.63, 3.8) is 0 Å². The predicted molar refractivity (Wildman–Crippen MR) is 153 cm³/mol. The lowest BCUT2D eigenvalue weighted by Crippen LogP contribution is -2.48. The molecule has 1 fully saturated rings. The lowest BCUT2D eigenvalue weighted by atomic mass is 10.0. The number of anilines is 4. The number of amides is 1. The van der Waals surface area contributed by atoms with Gasteiger partial charge in [-0.15, -0.1) is 10.2 Å². The van der Waals surface area contributed by atoms with Crippen LogP contribution in [0.3, 0.4) is 0 Å². The molecule has 0 unspecified atom stereocenters. The van der Waals surface area contributed by atoms with Crippen LogP contribution in [0, 0.1) is 5.82 Å². The van der Waals surface area contributed by atoms with Crippen molar-refractivity contribution in [2.45, 2.75) is 20.4 Å². The second kappa shape index (κ2) is 11.9. The Morgan fingerprint density at radius 3 is 2.38 bits per heavy atom. The van der Waals surface area contributed by atoms with Crippen molar-refractivity contribution >= 4 is 34.6 Å². The van der Waals surface area contributed by atoms with Crippen LogP contribution < -0.4 is 15.5 Å². The number of pyridine rings is 1. The lowest BCUT2D eigenvalue weighted by Gasteiger charge is -2.35. The van der Waals surface area contributed by atoms with E-state index in [-0.39, 0.29) is 29.7 Å². The molecule has 2 N–H and O–H groups in total. The van der Waals surface area contributed by atoms with Crippen molar-refractivity contribution in [2.75, 3.05) is 41.7 Å². The van der Waals surface area contributed by atoms with E-state index in [9.17, 15) is 14.0 Å². The third-order valence-corrected chi connectivity index (χ3v) is 6.87. The van der Waals surface area contributed by atoms with Gasteiger partial charge in [-0.3, -0.25) is 14.6 Å². The van der Waals surface area contributed by atoms with E-state index in [0.717, 1.165) is 35.6 Å². The van der Waals surface area contributed by atoms with Crippen molar-refractivity contribution in [2.24, 2.45) is 0 Å². The van der Waals surface area contributed by atoms with Gasteiger partial charge in [0.2, 0.25) is 5.91 Å². The summed E-state index contributed by atoms with van der Waals surface area (Å²) < 4.78 is 14.7. The van der Waals surface area contributed by atoms with E-state index in [2.05, 4.69) is 30.7 Å². The van der Waals surface area contributed by atoms with Crippen LogP contribution >= 0.6 is 0 Å². The van der Waals surface area contributed by atoms with Gasteiger partial charge in [0.15, 0.2) is 17.3 Å². The first-order valence-corrected chi connectivity index (χ1v) is 13.1. The summed E-state index contributed by atoms with van der Waals surface area (Å²) in [6.45, 7) is 6.15. The van der Waals surface area contributed by atoms with Crippen molar-refractivity contribution in [1.29, 1.82) is 0 Å². The third-order valence-electron chi connectivity index (χ3n) is 6.87. The summed E-state index contributed by atoms with van der Waals surface area (Å²) in [5.41, 5.74) is 4.68. The van der Waals surface area contributed by atoms with Gasteiger partial charge in [-0.1, -0.05) is 12.1 Å². The number of rotatable bonds is 8. The molecular formula is C30H30FN7O2. The van der Waals surface area contributed by atoms with Crippen LogP contribution in [0.25, 0.3) is 11.1 Å². The number of halogens is 1. The first-order chi connectivity index (χ1) is 19.4. The number of nitrogens with zero attached hydrogens (tertiary/aromatic N) is 5. The summed E-state index contributed by atoms with van der Waals surface area (Å²) in [4.78, 5) is 32.0. The van der Waals surface area contributed by atoms with Crippen molar-refractivity contribution in [3.05, 3.63) is 90.1 Å². The molecule has 0 atom stereocenters. The number of Topliss-reactive ketones (excluding diaryl/α,β-unsaturated/α-hetero) is 1. The summed E-state index contributed by atoms with van der Waals surface area (Å²) in [5, 5.41) is 14.7. The first-order valence-electron chi connectivity index (χ1n) is 13.1. The standard InChI is InChI=1S/C30H30FN7O2/c1-20(39)30-28(33-19-24-16-22(5-10-27(24)31)23-4-3-11-32-18-23)17-29(35-36-30)34-25-6-8-26(9-7-25)38-14-12-37(13-15-38)21(2)40/h3-11,16-18H,12-15,19H2,1-2H3,(H2,33,34,35). The molecule has 5 rings (SSSR count). The Morgan fingerprint density at radius 1 is 0.925 bits per heavy atom. The summed E-state index contributed by atoms with van der Waals surface area (Å²) in [6, 6.07) is 18.3. The Labute approximate surface area is 232 Å². The van der Waals surface area contributed by atoms with Crippen LogP contribution in [0.5, 0.6) is 0 Å². The molecule has 1 aliphatic heterocycles. The van der Waals surface area contributed by atoms with Gasteiger partial charge in [-0.25, -0.2) is 4.39 Å². The minimum absolute atomic E-state index is 0.105. The minimum atomic E-state index is -0.354. The Morgan fingerprint density at radius 2 is 1.70 bits per heavy atom. The zero-order chi connectivity index (χ0) is 28.1. The molecule has 0 saturated carbocycles. The molecule has 0 radical (unpaired) electrons. The summed E-state index contributed by atoms with van der Waals surface area (Å²) in [5.74, 6) is -0.0544. The lowest BCUT2D eigenvalue weighted by molar-refractivity contribution is -0.129. The van der Waals surface area contributed by atoms with E-state index < -0.39 is 0 Å². The second-order valence-electron chi connectivity index (χ2n) is 9.61. The number of nitrogens with one attached hydrogen (secondary N) is 2. The molecule has 4 aromatic rings. The number of aromatic nitrogens is 3. The monoisotopic (exact) mass is 539 g/mol. The maximum atomic E-state index is 14.7. The average molecular weight is 540 g/mol. The van der Waals surface area contributed by atoms with E-state index in [0.29, 0.717) is 30.2 Å². The fourth-order valence-corrected chi connectivity index (χ4v) is 4.64. The molecular weight excluding hydrogens is 509 g/mol. The van der Waals surface area contributed by atoms with Gasteiger partial charge in [-0.05, 0) is 48.0 Å². The normalized spacial score (nSPS) is 13.2. The van der Waals surface area contributed by atoms with Gasteiger partial charge in [0.25, 0.3) is 0 Å². The van der Waals surface area contributed by atoms with Crippen molar-refractivity contribution < 1.29 is 14.0 Å². The fraction of sp³-hybridized carbons (Fsp3) is 0.233. The van der Waals surface area contributed by atoms with Gasteiger partial charge in [-0.2, -0.15) is 0 Å². The molecule has 10 heteroatoms. The Kier molecular flexibility index (Phi) is 7.95. The Balaban J connectivity index is 1.28. The smallest absolute Gasteiger partial charge is 0.219 e. The predicted octanol–water partition coefficient (Wildman–Crippen LogP) is 4.90. The highest BCUT2D eigenvalue weighted by atomic mass is 19.1. The molecule has 1 saturated heterocycles. The highest BCUT2D eigenvalue weighted by Gasteiger charge is 2.19. The van der Waals surface area contributed by atoms with Crippen molar-refractivity contribution in [1.82, 2.24) is 20.1 Å². The molecule has 204 valence electrons. The van der Waals surface area contributed by atoms with Crippen LogP contribution in [-0.4, -0.2) is 58.0 Å². The van der Waals surface area contributed by atoms with Crippen LogP contribution in [0.4, 0.5) is 27.3 Å². The third kappa shape index (κ3) is 6.23. The largest absolute Gasteiger partial charge is 0.379 e. The van der Waals surface area contributed by atoms with E-state index in [1.165, 1.54) is 13.0 Å². The van der Waals surface area contributed by atoms with Crippen LogP contribution in [0.1, 0.15) is 29.9 Å². The van der Waals surface area contributed by atoms with Gasteiger partial charge >= 0.3 is 0 Å². The topological polar surface area (TPSA) is 103 Å². The zero-order valence-electron chi connectivity index (χ0n) is 22.4. The highest BCUT2D eigenvalue weighted by molar-refractivity contribution is 5.97. The zero-order valence-corrected chi connectivity index (χ0v) is 22.4. The minimum Gasteiger partial charge on any atom is -0.379 e. The van der Waals surface area contributed by atoms with E-state index in [1.54, 1.807) is 37.5 Å². The number of piperazine rings is 1. The number of carbonyl (C=O) groups is 2. The number of hydrogen-bond acceptors (Lipinski definition) is 8. The molecule has 1 aliphatic rings. The molecule has 2 aromatic carbocycles. The molecule has 2 aromatic heterocycles. The molecule has 0 bridgehead atoms. The molecule has 1 amide bonds. The van der Waals surface area contributed by atoms with E-state index in [4.69, 9.17) is 0 Å². The van der Waals surface area contributed by atoms with Gasteiger partial charge in [0, 0.05) is 87.5 Å². The van der Waals surface area contributed by atoms with E-state index in [1.807, 2.05) is 41.3 Å². The van der Waals surface area contributed by atoms with E-state index >= 15 is 0 Å². The highest BCUT2D eigenvalue weighted by Crippen LogP contribution is 2.26. The Bertz CT molecular complexity index is 1500. The fourth-order valence-electron chi connectivity index (χ4n) is 4.64. The number of carbonyl (C=O) groups excluding carboxylic acids is 2. The van der Waals surface area contributed by atoms with Gasteiger partial charge in [0.05, 0.1) is 5.69 Å². The van der Waals surface area contributed by atoms with Crippen LogP contribution in [0.2, 0.25) is 0 Å². The Hall–Kier alpha value is -4.86.